The largest absolute Gasteiger partial charge is 0.352 e. The van der Waals surface area contributed by atoms with E-state index < -0.39 is 0 Å². The first-order chi connectivity index (χ1) is 8.22. The Hall–Kier alpha value is -1.81. The highest BCUT2D eigenvalue weighted by molar-refractivity contribution is 6.30. The molecule has 0 aliphatic carbocycles. The summed E-state index contributed by atoms with van der Waals surface area (Å²) in [6.45, 7) is 4.15. The van der Waals surface area contributed by atoms with E-state index in [-0.39, 0.29) is 5.82 Å². The van der Waals surface area contributed by atoms with Gasteiger partial charge < -0.3 is 5.32 Å². The zero-order valence-corrected chi connectivity index (χ0v) is 9.78. The van der Waals surface area contributed by atoms with Crippen LogP contribution in [0.15, 0.2) is 43.2 Å². The first kappa shape index (κ1) is 11.7. The fraction of sp³-hybridized carbons (Fsp3) is 0.0833. The number of nitrogens with zero attached hydrogens (tertiary/aromatic N) is 2. The summed E-state index contributed by atoms with van der Waals surface area (Å²) in [6.07, 6.45) is 4.96. The summed E-state index contributed by atoms with van der Waals surface area (Å²) in [5.41, 5.74) is 0.363. The Morgan fingerprint density at radius 2 is 2.35 bits per heavy atom. The van der Waals surface area contributed by atoms with Gasteiger partial charge in [0, 0.05) is 24.0 Å². The van der Waals surface area contributed by atoms with Crippen molar-refractivity contribution in [3.05, 3.63) is 54.1 Å². The lowest BCUT2D eigenvalue weighted by molar-refractivity contribution is 0.618. The summed E-state index contributed by atoms with van der Waals surface area (Å²) in [5, 5.41) is 3.49. The minimum absolute atomic E-state index is 0.353. The minimum atomic E-state index is -0.353. The number of anilines is 1. The molecule has 1 heterocycles. The van der Waals surface area contributed by atoms with E-state index in [1.807, 2.05) is 0 Å². The smallest absolute Gasteiger partial charge is 0.207 e. The lowest BCUT2D eigenvalue weighted by Gasteiger charge is -2.09. The fourth-order valence-corrected chi connectivity index (χ4v) is 1.63. The minimum Gasteiger partial charge on any atom is -0.352 e. The van der Waals surface area contributed by atoms with Crippen LogP contribution in [0.4, 0.5) is 10.3 Å². The van der Waals surface area contributed by atoms with Crippen LogP contribution in [-0.2, 0) is 0 Å². The van der Waals surface area contributed by atoms with Gasteiger partial charge in [-0.05, 0) is 18.2 Å². The molecule has 2 aromatic rings. The number of nitrogens with one attached hydrogen (secondary N) is 1. The number of halogens is 2. The highest BCUT2D eigenvalue weighted by atomic mass is 35.5. The van der Waals surface area contributed by atoms with E-state index in [1.165, 1.54) is 12.1 Å². The predicted molar refractivity (Wildman–Crippen MR) is 67.2 cm³/mol. The van der Waals surface area contributed by atoms with Gasteiger partial charge in [-0.25, -0.2) is 9.37 Å². The van der Waals surface area contributed by atoms with E-state index in [9.17, 15) is 4.39 Å². The highest BCUT2D eigenvalue weighted by Gasteiger charge is 2.09. The maximum atomic E-state index is 13.7. The molecule has 1 N–H and O–H groups in total. The van der Waals surface area contributed by atoms with Gasteiger partial charge in [-0.3, -0.25) is 4.57 Å². The van der Waals surface area contributed by atoms with Gasteiger partial charge in [0.2, 0.25) is 5.95 Å². The highest BCUT2D eigenvalue weighted by Crippen LogP contribution is 2.21. The molecule has 0 fully saturated rings. The Bertz CT molecular complexity index is 536. The zero-order chi connectivity index (χ0) is 12.3. The van der Waals surface area contributed by atoms with Crippen LogP contribution in [0.3, 0.4) is 0 Å². The molecule has 0 aliphatic rings. The van der Waals surface area contributed by atoms with Crippen LogP contribution in [0.25, 0.3) is 5.69 Å². The molecular weight excluding hydrogens is 241 g/mol. The number of hydrogen-bond acceptors (Lipinski definition) is 2. The van der Waals surface area contributed by atoms with Crippen molar-refractivity contribution < 1.29 is 4.39 Å². The predicted octanol–water partition coefficient (Wildman–Crippen LogP) is 3.26. The zero-order valence-electron chi connectivity index (χ0n) is 9.03. The molecule has 0 saturated carbocycles. The lowest BCUT2D eigenvalue weighted by Crippen LogP contribution is -2.06. The Kier molecular flexibility index (Phi) is 3.44. The van der Waals surface area contributed by atoms with E-state index >= 15 is 0 Å². The Morgan fingerprint density at radius 1 is 1.53 bits per heavy atom. The van der Waals surface area contributed by atoms with Crippen LogP contribution >= 0.6 is 11.6 Å². The standard InChI is InChI=1S/C12H11ClFN3/c1-2-5-15-12-16-6-7-17(12)11-8-9(13)3-4-10(11)14/h2-4,6-8H,1,5H2,(H,15,16). The molecule has 1 aromatic heterocycles. The average molecular weight is 252 g/mol. The van der Waals surface area contributed by atoms with E-state index in [2.05, 4.69) is 16.9 Å². The molecule has 2 rings (SSSR count). The van der Waals surface area contributed by atoms with Crippen molar-refractivity contribution in [2.45, 2.75) is 0 Å². The molecular formula is C12H11ClFN3. The normalized spacial score (nSPS) is 10.2. The van der Waals surface area contributed by atoms with Crippen LogP contribution in [0.2, 0.25) is 5.02 Å². The first-order valence-corrected chi connectivity index (χ1v) is 5.43. The summed E-state index contributed by atoms with van der Waals surface area (Å²) in [4.78, 5) is 4.10. The number of aromatic nitrogens is 2. The second-order valence-corrected chi connectivity index (χ2v) is 3.82. The monoisotopic (exact) mass is 251 g/mol. The van der Waals surface area contributed by atoms with Crippen molar-refractivity contribution in [3.63, 3.8) is 0 Å². The van der Waals surface area contributed by atoms with Crippen molar-refractivity contribution in [1.29, 1.82) is 0 Å². The molecule has 0 radical (unpaired) electrons. The Labute approximate surface area is 104 Å². The number of rotatable bonds is 4. The van der Waals surface area contributed by atoms with Gasteiger partial charge in [0.1, 0.15) is 5.82 Å². The first-order valence-electron chi connectivity index (χ1n) is 5.06. The molecule has 88 valence electrons. The van der Waals surface area contributed by atoms with E-state index in [0.29, 0.717) is 23.2 Å². The van der Waals surface area contributed by atoms with Gasteiger partial charge in [-0.2, -0.15) is 0 Å². The molecule has 5 heteroatoms. The van der Waals surface area contributed by atoms with Crippen molar-refractivity contribution in [2.75, 3.05) is 11.9 Å². The fourth-order valence-electron chi connectivity index (χ4n) is 1.46. The average Bonchev–Trinajstić information content (AvgIpc) is 2.77. The third kappa shape index (κ3) is 2.47. The molecule has 3 nitrogen and oxygen atoms in total. The second kappa shape index (κ2) is 5.01. The maximum absolute atomic E-state index is 13.7. The Morgan fingerprint density at radius 3 is 3.12 bits per heavy atom. The van der Waals surface area contributed by atoms with Gasteiger partial charge >= 0.3 is 0 Å². The molecule has 0 unspecified atom stereocenters. The van der Waals surface area contributed by atoms with Crippen molar-refractivity contribution >= 4 is 17.5 Å². The molecule has 0 atom stereocenters. The molecule has 0 spiro atoms. The summed E-state index contributed by atoms with van der Waals surface area (Å²) >= 11 is 5.85. The molecule has 0 saturated heterocycles. The summed E-state index contributed by atoms with van der Waals surface area (Å²) < 4.78 is 15.3. The SMILES string of the molecule is C=CCNc1nccn1-c1cc(Cl)ccc1F. The number of benzene rings is 1. The van der Waals surface area contributed by atoms with Gasteiger partial charge in [-0.15, -0.1) is 6.58 Å². The molecule has 0 amide bonds. The topological polar surface area (TPSA) is 29.9 Å². The third-order valence-corrected chi connectivity index (χ3v) is 2.45. The molecule has 0 aliphatic heterocycles. The van der Waals surface area contributed by atoms with E-state index in [4.69, 9.17) is 11.6 Å². The quantitative estimate of drug-likeness (QED) is 0.846. The van der Waals surface area contributed by atoms with Gasteiger partial charge in [0.25, 0.3) is 0 Å². The summed E-state index contributed by atoms with van der Waals surface area (Å²) in [5.74, 6) is 0.195. The number of hydrogen-bond donors (Lipinski definition) is 1. The third-order valence-electron chi connectivity index (χ3n) is 2.21. The van der Waals surface area contributed by atoms with E-state index in [0.717, 1.165) is 0 Å². The number of imidazole rings is 1. The van der Waals surface area contributed by atoms with Crippen molar-refractivity contribution in [3.8, 4) is 5.69 Å². The van der Waals surface area contributed by atoms with Crippen LogP contribution in [0, 0.1) is 5.82 Å². The van der Waals surface area contributed by atoms with Crippen LogP contribution in [0.1, 0.15) is 0 Å². The van der Waals surface area contributed by atoms with Crippen molar-refractivity contribution in [1.82, 2.24) is 9.55 Å². The maximum Gasteiger partial charge on any atom is 0.207 e. The van der Waals surface area contributed by atoms with Gasteiger partial charge in [0.05, 0.1) is 5.69 Å². The Balaban J connectivity index is 2.42. The van der Waals surface area contributed by atoms with E-state index in [1.54, 1.807) is 29.1 Å². The van der Waals surface area contributed by atoms with Crippen molar-refractivity contribution in [2.24, 2.45) is 0 Å². The summed E-state index contributed by atoms with van der Waals surface area (Å²) in [6, 6.07) is 4.39. The van der Waals surface area contributed by atoms with Gasteiger partial charge in [0.15, 0.2) is 0 Å². The second-order valence-electron chi connectivity index (χ2n) is 3.39. The van der Waals surface area contributed by atoms with Crippen LogP contribution in [0.5, 0.6) is 0 Å². The van der Waals surface area contributed by atoms with Crippen LogP contribution < -0.4 is 5.32 Å². The summed E-state index contributed by atoms with van der Waals surface area (Å²) in [7, 11) is 0. The molecule has 1 aromatic carbocycles. The van der Waals surface area contributed by atoms with Crippen LogP contribution in [-0.4, -0.2) is 16.1 Å². The lowest BCUT2D eigenvalue weighted by atomic mass is 10.3. The molecule has 17 heavy (non-hydrogen) atoms. The van der Waals surface area contributed by atoms with Gasteiger partial charge in [-0.1, -0.05) is 17.7 Å². The molecule has 0 bridgehead atoms.